The Hall–Kier alpha value is -0.383. The Labute approximate surface area is 230 Å². The molecule has 0 aliphatic heterocycles. The van der Waals surface area contributed by atoms with E-state index in [2.05, 4.69) is 47.1 Å². The molecule has 0 aromatic carbocycles. The van der Waals surface area contributed by atoms with Crippen LogP contribution < -0.4 is 0 Å². The second-order valence-corrected chi connectivity index (χ2v) is 16.3. The molecule has 250 valence electrons. The first kappa shape index (κ1) is 42.7. The molecule has 0 bridgehead atoms. The van der Waals surface area contributed by atoms with Crippen molar-refractivity contribution in [1.82, 2.24) is 0 Å². The van der Waals surface area contributed by atoms with Crippen LogP contribution in [0.5, 0.6) is 0 Å². The minimum Gasteiger partial charge on any atom is -0.200 e. The van der Waals surface area contributed by atoms with E-state index in [1.807, 2.05) is 0 Å². The first-order chi connectivity index (χ1) is 17.4. The minimum absolute atomic E-state index is 1.36. The quantitative estimate of drug-likeness (QED) is 0.0809. The van der Waals surface area contributed by atoms with Crippen molar-refractivity contribution in [3.05, 3.63) is 0 Å². The van der Waals surface area contributed by atoms with Gasteiger partial charge in [0.15, 0.2) is 0 Å². The van der Waals surface area contributed by atoms with Gasteiger partial charge in [-0.15, -0.1) is 33.2 Å². The molecule has 0 spiro atoms. The SMILES string of the molecule is CCCCCC.FC(F)(F)C(F)(F)C(F)(F)C(F)(F)C(F)(F)C(F)(F)C(F)(F)C(F)(F)C(F)(F)C(F)(F)[Si](Cl)(Cl)Cl. The van der Waals surface area contributed by atoms with Crippen molar-refractivity contribution < 1.29 is 92.2 Å². The maximum absolute atomic E-state index is 13.4. The fraction of sp³-hybridized carbons (Fsp3) is 1.00. The van der Waals surface area contributed by atoms with Crippen LogP contribution in [0.2, 0.25) is 0 Å². The van der Waals surface area contributed by atoms with Gasteiger partial charge in [-0.1, -0.05) is 39.5 Å². The van der Waals surface area contributed by atoms with Gasteiger partial charge in [-0.05, 0) is 0 Å². The second kappa shape index (κ2) is 12.2. The number of unbranched alkanes of at least 4 members (excludes halogenated alkanes) is 3. The van der Waals surface area contributed by atoms with Gasteiger partial charge < -0.3 is 0 Å². The zero-order valence-electron chi connectivity index (χ0n) is 19.4. The van der Waals surface area contributed by atoms with Gasteiger partial charge in [0.05, 0.1) is 0 Å². The van der Waals surface area contributed by atoms with E-state index in [1.165, 1.54) is 25.7 Å². The van der Waals surface area contributed by atoms with Crippen LogP contribution in [0.3, 0.4) is 0 Å². The number of halogens is 24. The van der Waals surface area contributed by atoms with E-state index in [4.69, 9.17) is 0 Å². The molecule has 25 heteroatoms. The predicted octanol–water partition coefficient (Wildman–Crippen LogP) is 11.0. The van der Waals surface area contributed by atoms with Crippen LogP contribution in [-0.4, -0.2) is 65.1 Å². The molecule has 0 saturated carbocycles. The molecular weight excluding hydrogens is 726 g/mol. The molecule has 0 aromatic heterocycles. The van der Waals surface area contributed by atoms with Crippen molar-refractivity contribution in [3.8, 4) is 0 Å². The molecule has 0 N–H and O–H groups in total. The van der Waals surface area contributed by atoms with Gasteiger partial charge in [-0.3, -0.25) is 0 Å². The smallest absolute Gasteiger partial charge is 0.200 e. The monoisotopic (exact) mass is 738 g/mol. The molecule has 0 nitrogen and oxygen atoms in total. The second-order valence-electron chi connectivity index (χ2n) is 7.87. The van der Waals surface area contributed by atoms with Crippen LogP contribution in [0.25, 0.3) is 0 Å². The first-order valence-corrected chi connectivity index (χ1v) is 15.0. The van der Waals surface area contributed by atoms with Crippen molar-refractivity contribution in [2.24, 2.45) is 0 Å². The Kier molecular flexibility index (Phi) is 12.7. The lowest BCUT2D eigenvalue weighted by Gasteiger charge is -2.45. The van der Waals surface area contributed by atoms with Gasteiger partial charge >= 0.3 is 65.1 Å². The van der Waals surface area contributed by atoms with E-state index < -0.39 is 65.1 Å². The molecule has 0 rings (SSSR count). The van der Waals surface area contributed by atoms with Crippen LogP contribution in [0.1, 0.15) is 39.5 Å². The zero-order valence-corrected chi connectivity index (χ0v) is 22.7. The van der Waals surface area contributed by atoms with Crippen molar-refractivity contribution >= 4 is 39.2 Å². The lowest BCUT2D eigenvalue weighted by atomic mass is 9.87. The number of alkyl halides is 21. The van der Waals surface area contributed by atoms with E-state index in [-0.39, 0.29) is 0 Å². The van der Waals surface area contributed by atoms with Crippen molar-refractivity contribution in [2.75, 3.05) is 0 Å². The summed E-state index contributed by atoms with van der Waals surface area (Å²) < 4.78 is 274. The fourth-order valence-corrected chi connectivity index (χ4v) is 3.82. The Morgan fingerprint density at radius 1 is 0.366 bits per heavy atom. The molecule has 0 amide bonds. The van der Waals surface area contributed by atoms with E-state index >= 15 is 0 Å². The average Bonchev–Trinajstić information content (AvgIpc) is 2.75. The zero-order chi connectivity index (χ0) is 34.3. The van der Waals surface area contributed by atoms with Crippen LogP contribution in [0.15, 0.2) is 0 Å². The summed E-state index contributed by atoms with van der Waals surface area (Å²) in [5, 5.41) is 0. The number of hydrogen-bond acceptors (Lipinski definition) is 0. The minimum atomic E-state index is -9.23. The maximum Gasteiger partial charge on any atom is 0.460 e. The highest BCUT2D eigenvalue weighted by molar-refractivity contribution is 7.65. The molecule has 0 aromatic rings. The van der Waals surface area contributed by atoms with Crippen molar-refractivity contribution in [3.63, 3.8) is 0 Å². The van der Waals surface area contributed by atoms with E-state index in [0.29, 0.717) is 0 Å². The third kappa shape index (κ3) is 6.54. The van der Waals surface area contributed by atoms with Crippen molar-refractivity contribution in [1.29, 1.82) is 0 Å². The van der Waals surface area contributed by atoms with E-state index in [0.717, 1.165) is 0 Å². The lowest BCUT2D eigenvalue weighted by Crippen LogP contribution is -2.77. The Morgan fingerprint density at radius 2 is 0.561 bits per heavy atom. The van der Waals surface area contributed by atoms with Gasteiger partial charge in [0.2, 0.25) is 0 Å². The standard InChI is InChI=1S/C10Cl3F21Si.C6H14/c11-35(12,13)10(33,34)8(28,29)6(24,25)4(20,21)2(16,17)1(14,15)3(18,19)5(22,23)7(26,27)9(30,31)32;1-3-5-6-4-2/h;3-6H2,1-2H3. The summed E-state index contributed by atoms with van der Waals surface area (Å²) in [6.07, 6.45) is -2.49. The third-order valence-electron chi connectivity index (χ3n) is 4.82. The molecule has 0 fully saturated rings. The molecule has 41 heavy (non-hydrogen) atoms. The molecule has 0 radical (unpaired) electrons. The summed E-state index contributed by atoms with van der Waals surface area (Å²) in [4.78, 5) is 0. The Balaban J connectivity index is 0. The van der Waals surface area contributed by atoms with E-state index in [9.17, 15) is 92.2 Å². The number of rotatable bonds is 12. The van der Waals surface area contributed by atoms with Gasteiger partial charge in [-0.2, -0.15) is 92.2 Å². The molecular formula is C16H14Cl3F21Si. The maximum atomic E-state index is 13.4. The van der Waals surface area contributed by atoms with Gasteiger partial charge in [0.1, 0.15) is 0 Å². The topological polar surface area (TPSA) is 0 Å². The summed E-state index contributed by atoms with van der Waals surface area (Å²) in [7, 11) is 0. The highest BCUT2D eigenvalue weighted by Gasteiger charge is 2.98. The predicted molar refractivity (Wildman–Crippen MR) is 104 cm³/mol. The van der Waals surface area contributed by atoms with Crippen LogP contribution in [0.4, 0.5) is 92.2 Å². The Morgan fingerprint density at radius 3 is 0.732 bits per heavy atom. The molecule has 0 aliphatic rings. The molecule has 0 aliphatic carbocycles. The normalized spacial score (nSPS) is 16.0. The molecule has 0 saturated heterocycles. The van der Waals surface area contributed by atoms with Crippen LogP contribution in [0, 0.1) is 0 Å². The summed E-state index contributed by atoms with van der Waals surface area (Å²) in [6, 6.07) is -6.83. The van der Waals surface area contributed by atoms with Gasteiger partial charge in [-0.25, -0.2) is 0 Å². The summed E-state index contributed by atoms with van der Waals surface area (Å²) in [5.41, 5.74) is -7.15. The average molecular weight is 740 g/mol. The fourth-order valence-electron chi connectivity index (χ4n) is 2.24. The summed E-state index contributed by atoms with van der Waals surface area (Å²) in [5.74, 6) is -71.0. The largest absolute Gasteiger partial charge is 0.460 e. The summed E-state index contributed by atoms with van der Waals surface area (Å²) in [6.45, 7) is 4.46. The molecule has 0 atom stereocenters. The Bertz CT molecular complexity index is 794. The van der Waals surface area contributed by atoms with Gasteiger partial charge in [0, 0.05) is 0 Å². The molecule has 0 unspecified atom stereocenters. The molecule has 0 heterocycles. The first-order valence-electron chi connectivity index (χ1n) is 9.95. The van der Waals surface area contributed by atoms with Gasteiger partial charge in [0.25, 0.3) is 0 Å². The van der Waals surface area contributed by atoms with Crippen LogP contribution >= 0.6 is 33.2 Å². The highest BCUT2D eigenvalue weighted by atomic mass is 35.8. The lowest BCUT2D eigenvalue weighted by molar-refractivity contribution is -0.472. The summed E-state index contributed by atoms with van der Waals surface area (Å²) >= 11 is 12.6. The van der Waals surface area contributed by atoms with E-state index in [1.54, 1.807) is 0 Å². The third-order valence-corrected chi connectivity index (χ3v) is 7.99. The highest BCUT2D eigenvalue weighted by Crippen LogP contribution is 2.67. The van der Waals surface area contributed by atoms with Crippen LogP contribution in [-0.2, 0) is 0 Å². The number of hydrogen-bond donors (Lipinski definition) is 0. The van der Waals surface area contributed by atoms with Crippen molar-refractivity contribution in [2.45, 2.75) is 98.6 Å².